The zero-order valence-corrected chi connectivity index (χ0v) is 31.1. The summed E-state index contributed by atoms with van der Waals surface area (Å²) in [6.45, 7) is 16.2. The Morgan fingerprint density at radius 1 is 0.745 bits per heavy atom. The van der Waals surface area contributed by atoms with Crippen LogP contribution in [0.1, 0.15) is 84.8 Å². The van der Waals surface area contributed by atoms with E-state index in [1.807, 2.05) is 0 Å². The summed E-state index contributed by atoms with van der Waals surface area (Å²) in [5, 5.41) is 5.46. The van der Waals surface area contributed by atoms with E-state index in [4.69, 9.17) is 0 Å². The smallest absolute Gasteiger partial charge is 0.210 e. The van der Waals surface area contributed by atoms with Gasteiger partial charge in [0.15, 0.2) is 5.71 Å². The van der Waals surface area contributed by atoms with Crippen LogP contribution in [0, 0.1) is 0 Å². The van der Waals surface area contributed by atoms with Crippen molar-refractivity contribution in [3.63, 3.8) is 0 Å². The minimum Gasteiger partial charge on any atom is -0.344 e. The number of fused-ring (bicyclic) bond motifs is 6. The molecule has 4 aromatic rings. The van der Waals surface area contributed by atoms with Crippen molar-refractivity contribution in [1.29, 1.82) is 0 Å². The highest BCUT2D eigenvalue weighted by atomic mass is 127. The Bertz CT molecular complexity index is 2060. The maximum atomic E-state index is 2.62. The van der Waals surface area contributed by atoms with Crippen LogP contribution in [0.3, 0.4) is 0 Å². The molecule has 3 aliphatic rings. The fourth-order valence-electron chi connectivity index (χ4n) is 8.68. The second-order valence-corrected chi connectivity index (χ2v) is 15.0. The summed E-state index contributed by atoms with van der Waals surface area (Å²) in [5.41, 5.74) is 11.5. The second-order valence-electron chi connectivity index (χ2n) is 13.9. The molecule has 0 aromatic heterocycles. The van der Waals surface area contributed by atoms with Crippen LogP contribution < -0.4 is 4.90 Å². The van der Waals surface area contributed by atoms with E-state index in [2.05, 4.69) is 171 Å². The molecule has 2 aliphatic heterocycles. The minimum atomic E-state index is -0.0224. The molecule has 7 rings (SSSR count). The van der Waals surface area contributed by atoms with E-state index in [0.717, 1.165) is 45.2 Å². The molecule has 0 fully saturated rings. The zero-order valence-electron chi connectivity index (χ0n) is 29.0. The maximum absolute atomic E-state index is 2.62. The summed E-state index contributed by atoms with van der Waals surface area (Å²) >= 11 is 2.62. The fourth-order valence-corrected chi connectivity index (χ4v) is 9.58. The highest BCUT2D eigenvalue weighted by Crippen LogP contribution is 2.53. The predicted octanol–water partition coefficient (Wildman–Crippen LogP) is 12.2. The molecular formula is C44H48IN2+. The van der Waals surface area contributed by atoms with Gasteiger partial charge in [0.25, 0.3) is 0 Å². The summed E-state index contributed by atoms with van der Waals surface area (Å²) < 4.78 is 4.03. The molecule has 47 heavy (non-hydrogen) atoms. The van der Waals surface area contributed by atoms with E-state index in [-0.39, 0.29) is 10.8 Å². The van der Waals surface area contributed by atoms with Crippen LogP contribution in [-0.4, -0.2) is 23.4 Å². The van der Waals surface area contributed by atoms with Gasteiger partial charge in [0.05, 0.1) is 5.41 Å². The van der Waals surface area contributed by atoms with E-state index in [1.165, 1.54) is 70.2 Å². The van der Waals surface area contributed by atoms with Gasteiger partial charge in [-0.05, 0) is 126 Å². The van der Waals surface area contributed by atoms with Gasteiger partial charge >= 0.3 is 0 Å². The molecular weight excluding hydrogens is 683 g/mol. The Morgan fingerprint density at radius 3 is 2.06 bits per heavy atom. The monoisotopic (exact) mass is 731 g/mol. The molecule has 0 amide bonds. The van der Waals surface area contributed by atoms with Gasteiger partial charge in [0.2, 0.25) is 5.69 Å². The molecule has 3 heteroatoms. The van der Waals surface area contributed by atoms with Gasteiger partial charge in [-0.1, -0.05) is 87.5 Å². The van der Waals surface area contributed by atoms with Crippen molar-refractivity contribution in [2.24, 2.45) is 0 Å². The molecule has 2 atom stereocenters. The average molecular weight is 732 g/mol. The second kappa shape index (κ2) is 12.5. The summed E-state index contributed by atoms with van der Waals surface area (Å²) in [4.78, 5) is 2.56. The van der Waals surface area contributed by atoms with Crippen molar-refractivity contribution < 1.29 is 4.58 Å². The summed E-state index contributed by atoms with van der Waals surface area (Å²) in [6, 6.07) is 27.2. The van der Waals surface area contributed by atoms with E-state index in [1.54, 1.807) is 0 Å². The summed E-state index contributed by atoms with van der Waals surface area (Å²) in [7, 11) is 0. The van der Waals surface area contributed by atoms with Gasteiger partial charge < -0.3 is 4.90 Å². The molecule has 1 aliphatic carbocycles. The Hall–Kier alpha value is -3.44. The van der Waals surface area contributed by atoms with E-state index >= 15 is 0 Å². The standard InChI is InChI=1S/C44H48IN2/c1-7-29-47-37-26-22-31-16-12-14-18-35(31)41(37)44(6,9-3)39(47)28-24-33-20-19-32(42(33)45)23-27-38-43(5,8-2)40-34-17-13-11-15-30(34)21-25-36(40)46(38)10-4/h11-18,21-28H,7-10,19-20,29H2,1-6H3/q+1. The van der Waals surface area contributed by atoms with Gasteiger partial charge in [-0.15, -0.1) is 0 Å². The lowest BCUT2D eigenvalue weighted by atomic mass is 9.75. The van der Waals surface area contributed by atoms with Crippen molar-refractivity contribution in [1.82, 2.24) is 0 Å². The highest BCUT2D eigenvalue weighted by Gasteiger charge is 2.47. The number of hydrogen-bond acceptors (Lipinski definition) is 1. The van der Waals surface area contributed by atoms with Crippen LogP contribution in [0.5, 0.6) is 0 Å². The Morgan fingerprint density at radius 2 is 1.40 bits per heavy atom. The predicted molar refractivity (Wildman–Crippen MR) is 212 cm³/mol. The van der Waals surface area contributed by atoms with Crippen molar-refractivity contribution >= 4 is 61.2 Å². The molecule has 240 valence electrons. The molecule has 0 bridgehead atoms. The number of likely N-dealkylation sites (N-methyl/N-ethyl adjacent to an activating group) is 1. The van der Waals surface area contributed by atoms with E-state index in [9.17, 15) is 0 Å². The highest BCUT2D eigenvalue weighted by molar-refractivity contribution is 14.1. The van der Waals surface area contributed by atoms with Crippen molar-refractivity contribution in [2.75, 3.05) is 18.0 Å². The number of anilines is 1. The average Bonchev–Trinajstić information content (AvgIpc) is 3.67. The zero-order chi connectivity index (χ0) is 32.9. The Labute approximate surface area is 295 Å². The van der Waals surface area contributed by atoms with Gasteiger partial charge in [-0.2, -0.15) is 4.58 Å². The summed E-state index contributed by atoms with van der Waals surface area (Å²) in [6.07, 6.45) is 15.3. The first kappa shape index (κ1) is 32.1. The first-order valence-electron chi connectivity index (χ1n) is 17.8. The molecule has 4 aromatic carbocycles. The van der Waals surface area contributed by atoms with Crippen LogP contribution in [0.2, 0.25) is 0 Å². The largest absolute Gasteiger partial charge is 0.344 e. The number of halogens is 1. The van der Waals surface area contributed by atoms with Crippen molar-refractivity contribution in [3.8, 4) is 0 Å². The van der Waals surface area contributed by atoms with Crippen LogP contribution in [0.4, 0.5) is 11.4 Å². The molecule has 2 nitrogen and oxygen atoms in total. The number of allylic oxidation sites excluding steroid dienone is 8. The first-order valence-corrected chi connectivity index (χ1v) is 18.8. The van der Waals surface area contributed by atoms with Crippen LogP contribution >= 0.6 is 22.6 Å². The lowest BCUT2D eigenvalue weighted by molar-refractivity contribution is -0.437. The SMILES string of the molecule is CCC[N+]1=C(/C=C/C2=C(I)C(=C/C=C3/N(CC)c4ccc5ccccc5c4C3(C)CC)/CC2)C(C)(CC)c2c1ccc1ccccc21. The number of rotatable bonds is 8. The third-order valence-corrected chi connectivity index (χ3v) is 12.9. The fraction of sp³-hybridized carbons (Fsp3) is 0.341. The van der Waals surface area contributed by atoms with Crippen LogP contribution in [0.15, 0.2) is 118 Å². The Kier molecular flexibility index (Phi) is 8.57. The topological polar surface area (TPSA) is 6.25 Å². The van der Waals surface area contributed by atoms with E-state index < -0.39 is 0 Å². The van der Waals surface area contributed by atoms with Gasteiger partial charge in [-0.25, -0.2) is 0 Å². The van der Waals surface area contributed by atoms with E-state index in [0.29, 0.717) is 0 Å². The normalized spacial score (nSPS) is 24.3. The molecule has 2 heterocycles. The quantitative estimate of drug-likeness (QED) is 0.129. The third kappa shape index (κ3) is 4.98. The van der Waals surface area contributed by atoms with Crippen molar-refractivity contribution in [3.05, 3.63) is 129 Å². The molecule has 2 unspecified atom stereocenters. The number of hydrogen-bond donors (Lipinski definition) is 0. The van der Waals surface area contributed by atoms with Crippen LogP contribution in [0.25, 0.3) is 21.5 Å². The molecule has 0 radical (unpaired) electrons. The van der Waals surface area contributed by atoms with Crippen LogP contribution in [-0.2, 0) is 10.8 Å². The van der Waals surface area contributed by atoms with Gasteiger partial charge in [-0.3, -0.25) is 0 Å². The molecule has 0 saturated heterocycles. The third-order valence-electron chi connectivity index (χ3n) is 11.5. The molecule has 0 N–H and O–H groups in total. The lowest BCUT2D eigenvalue weighted by Crippen LogP contribution is -2.30. The minimum absolute atomic E-state index is 0.0224. The lowest BCUT2D eigenvalue weighted by Gasteiger charge is -2.29. The van der Waals surface area contributed by atoms with Gasteiger partial charge in [0, 0.05) is 51.1 Å². The van der Waals surface area contributed by atoms with Gasteiger partial charge in [0.1, 0.15) is 6.54 Å². The Balaban J connectivity index is 1.25. The molecule has 0 spiro atoms. The summed E-state index contributed by atoms with van der Waals surface area (Å²) in [5.74, 6) is 0. The first-order chi connectivity index (χ1) is 22.8. The number of benzene rings is 4. The maximum Gasteiger partial charge on any atom is 0.210 e. The van der Waals surface area contributed by atoms with Crippen molar-refractivity contribution in [2.45, 2.75) is 84.5 Å². The molecule has 0 saturated carbocycles. The number of nitrogens with zero attached hydrogens (tertiary/aromatic N) is 2.